The second-order valence-electron chi connectivity index (χ2n) is 4.79. The van der Waals surface area contributed by atoms with E-state index in [2.05, 4.69) is 19.6 Å². The first kappa shape index (κ1) is 36.1. The van der Waals surface area contributed by atoms with Crippen LogP contribution in [0.4, 0.5) is 51.8 Å². The molecule has 0 aromatic rings. The van der Waals surface area contributed by atoms with Crippen molar-refractivity contribution in [3.05, 3.63) is 0 Å². The van der Waals surface area contributed by atoms with Crippen LogP contribution < -0.4 is 51.4 Å². The Morgan fingerprint density at radius 1 is 0.667 bits per heavy atom. The Morgan fingerprint density at radius 3 is 0.875 bits per heavy atom. The summed E-state index contributed by atoms with van der Waals surface area (Å²) in [5.41, 5.74) is 0. The molecule has 0 bridgehead atoms. The fourth-order valence-corrected chi connectivity index (χ4v) is 1.22. The van der Waals surface area contributed by atoms with Gasteiger partial charge in [-0.2, -0.15) is 0 Å². The van der Waals surface area contributed by atoms with Gasteiger partial charge in [0.25, 0.3) is 0 Å². The van der Waals surface area contributed by atoms with Crippen LogP contribution in [0.5, 0.6) is 0 Å². The summed E-state index contributed by atoms with van der Waals surface area (Å²) in [5, 5.41) is 0. The van der Waals surface area contributed by atoms with Gasteiger partial charge in [0.05, 0.1) is 0 Å². The SMILES string of the molecule is COCC[Si](C)(C)C.F[B-](F)(F)F.F[B-](F)(F)F.F[B-](F)(F)F.[H-].[K+]. The molecule has 0 fully saturated rings. The molecule has 0 amide bonds. The summed E-state index contributed by atoms with van der Waals surface area (Å²) in [6.45, 7) is 8.00. The van der Waals surface area contributed by atoms with E-state index in [1.807, 2.05) is 0 Å². The second-order valence-corrected chi connectivity index (χ2v) is 10.4. The Balaban J connectivity index is -0.0000000481. The molecular weight excluding hydrogens is 416 g/mol. The van der Waals surface area contributed by atoms with Crippen LogP contribution in [0.25, 0.3) is 0 Å². The number of ether oxygens (including phenoxy) is 1. The zero-order valence-electron chi connectivity index (χ0n) is 14.6. The summed E-state index contributed by atoms with van der Waals surface area (Å²) in [6, 6.07) is 1.28. The molecule has 18 heteroatoms. The minimum absolute atomic E-state index is 0. The third-order valence-electron chi connectivity index (χ3n) is 1.06. The quantitative estimate of drug-likeness (QED) is 0.492. The van der Waals surface area contributed by atoms with Crippen LogP contribution in [0.1, 0.15) is 1.43 Å². The van der Waals surface area contributed by atoms with Crippen molar-refractivity contribution in [1.29, 1.82) is 0 Å². The number of hydrogen-bond donors (Lipinski definition) is 0. The van der Waals surface area contributed by atoms with Crippen LogP contribution in [-0.2, 0) is 4.74 Å². The van der Waals surface area contributed by atoms with Crippen LogP contribution in [-0.4, -0.2) is 43.6 Å². The van der Waals surface area contributed by atoms with E-state index in [-0.39, 0.29) is 52.8 Å². The molecule has 0 aromatic carbocycles. The van der Waals surface area contributed by atoms with Crippen molar-refractivity contribution < 1.29 is 109 Å². The Kier molecular flexibility index (Phi) is 24.6. The largest absolute Gasteiger partial charge is 1.00 e. The standard InChI is InChI=1S/C6H16OSi.3BF4.K.H/c1-7-5-6-8(2,3)4;3*2-1(3,4)5;;/h5-6H2,1-4H3;;;;;/q;3*-1;+1;-1. The summed E-state index contributed by atoms with van der Waals surface area (Å²) < 4.78 is 122. The Hall–Kier alpha value is 1.17. The van der Waals surface area contributed by atoms with Crippen molar-refractivity contribution in [2.75, 3.05) is 13.7 Å². The molecular formula is C6H17B3F12KOSi-3. The number of methoxy groups -OCH3 is 1. The van der Waals surface area contributed by atoms with Crippen molar-refractivity contribution in [1.82, 2.24) is 0 Å². The van der Waals surface area contributed by atoms with Crippen molar-refractivity contribution in [3.63, 3.8) is 0 Å². The van der Waals surface area contributed by atoms with Crippen molar-refractivity contribution in [2.45, 2.75) is 25.7 Å². The normalized spacial score (nSPS) is 11.5. The van der Waals surface area contributed by atoms with Crippen LogP contribution >= 0.6 is 0 Å². The van der Waals surface area contributed by atoms with E-state index in [1.165, 1.54) is 6.04 Å². The molecule has 148 valence electrons. The van der Waals surface area contributed by atoms with Gasteiger partial charge in [-0.05, 0) is 6.04 Å². The Labute approximate surface area is 177 Å². The van der Waals surface area contributed by atoms with E-state index in [1.54, 1.807) is 7.11 Å². The van der Waals surface area contributed by atoms with Gasteiger partial charge in [-0.25, -0.2) is 0 Å². The predicted octanol–water partition coefficient (Wildman–Crippen LogP) is 2.99. The maximum absolute atomic E-state index is 9.75. The van der Waals surface area contributed by atoms with E-state index in [4.69, 9.17) is 4.74 Å². The van der Waals surface area contributed by atoms with Gasteiger partial charge in [0, 0.05) is 21.8 Å². The summed E-state index contributed by atoms with van der Waals surface area (Å²) in [7, 11) is -17.0. The van der Waals surface area contributed by atoms with Gasteiger partial charge in [0.2, 0.25) is 0 Å². The maximum Gasteiger partial charge on any atom is 1.00 e. The summed E-state index contributed by atoms with van der Waals surface area (Å²) in [6.07, 6.45) is 0. The molecule has 1 nitrogen and oxygen atoms in total. The molecule has 0 heterocycles. The third kappa shape index (κ3) is 299. The molecule has 0 aromatic heterocycles. The summed E-state index contributed by atoms with van der Waals surface area (Å²) in [4.78, 5) is 0. The van der Waals surface area contributed by atoms with Crippen LogP contribution in [0.15, 0.2) is 0 Å². The fourth-order valence-electron chi connectivity index (χ4n) is 0.408. The zero-order chi connectivity index (χ0) is 20.1. The Bertz CT molecular complexity index is 225. The average Bonchev–Trinajstić information content (AvgIpc) is 2.04. The van der Waals surface area contributed by atoms with Gasteiger partial charge in [0.15, 0.2) is 0 Å². The van der Waals surface area contributed by atoms with E-state index < -0.39 is 29.8 Å². The smallest absolute Gasteiger partial charge is 1.00 e. The van der Waals surface area contributed by atoms with Gasteiger partial charge in [-0.3, -0.25) is 0 Å². The molecule has 0 rings (SSSR count). The van der Waals surface area contributed by atoms with E-state index in [0.29, 0.717) is 0 Å². The molecule has 0 spiro atoms. The van der Waals surface area contributed by atoms with Gasteiger partial charge in [0.1, 0.15) is 0 Å². The van der Waals surface area contributed by atoms with Gasteiger partial charge < -0.3 is 58.0 Å². The van der Waals surface area contributed by atoms with E-state index in [0.717, 1.165) is 6.61 Å². The Morgan fingerprint density at radius 2 is 0.833 bits per heavy atom. The topological polar surface area (TPSA) is 9.23 Å². The van der Waals surface area contributed by atoms with E-state index in [9.17, 15) is 51.8 Å². The first-order valence-electron chi connectivity index (χ1n) is 5.67. The molecule has 0 saturated heterocycles. The predicted molar refractivity (Wildman–Crippen MR) is 71.7 cm³/mol. The fraction of sp³-hybridized carbons (Fsp3) is 1.00. The molecule has 24 heavy (non-hydrogen) atoms. The van der Waals surface area contributed by atoms with Crippen molar-refractivity contribution in [3.8, 4) is 0 Å². The minimum Gasteiger partial charge on any atom is -1.00 e. The van der Waals surface area contributed by atoms with Crippen LogP contribution in [0.2, 0.25) is 25.7 Å². The number of rotatable bonds is 3. The van der Waals surface area contributed by atoms with E-state index >= 15 is 0 Å². The van der Waals surface area contributed by atoms with Gasteiger partial charge in [-0.1, -0.05) is 19.6 Å². The second kappa shape index (κ2) is 16.3. The average molecular weight is 433 g/mol. The monoisotopic (exact) mass is 433 g/mol. The molecule has 0 aliphatic rings. The molecule has 0 aliphatic heterocycles. The molecule has 0 atom stereocenters. The molecule has 0 N–H and O–H groups in total. The van der Waals surface area contributed by atoms with Crippen LogP contribution in [0.3, 0.4) is 0 Å². The zero-order valence-corrected chi connectivity index (χ0v) is 17.7. The first-order chi connectivity index (χ1) is 9.56. The molecule has 0 aliphatic carbocycles. The van der Waals surface area contributed by atoms with Crippen LogP contribution in [0, 0.1) is 0 Å². The first-order valence-corrected chi connectivity index (χ1v) is 9.38. The number of hydrogen-bond acceptors (Lipinski definition) is 1. The summed E-state index contributed by atoms with van der Waals surface area (Å²) >= 11 is 0. The summed E-state index contributed by atoms with van der Waals surface area (Å²) in [5.74, 6) is 0. The third-order valence-corrected chi connectivity index (χ3v) is 2.76. The van der Waals surface area contributed by atoms with Gasteiger partial charge >= 0.3 is 73.1 Å². The minimum atomic E-state index is -6.00. The molecule has 0 unspecified atom stereocenters. The number of halogens is 12. The van der Waals surface area contributed by atoms with Crippen molar-refractivity contribution >= 4 is 29.8 Å². The molecule has 0 saturated carbocycles. The maximum atomic E-state index is 9.75. The van der Waals surface area contributed by atoms with Gasteiger partial charge in [-0.15, -0.1) is 0 Å². The van der Waals surface area contributed by atoms with Crippen molar-refractivity contribution in [2.24, 2.45) is 0 Å². The molecule has 0 radical (unpaired) electrons.